The molecule has 0 aromatic carbocycles. The number of nitrogens with zero attached hydrogens (tertiary/aromatic N) is 5. The minimum atomic E-state index is 0.679. The van der Waals surface area contributed by atoms with Crippen LogP contribution in [0.4, 0.5) is 0 Å². The van der Waals surface area contributed by atoms with E-state index in [2.05, 4.69) is 50.5 Å². The van der Waals surface area contributed by atoms with Crippen LogP contribution in [0.15, 0.2) is 10.7 Å². The highest BCUT2D eigenvalue weighted by Gasteiger charge is 2.14. The predicted octanol–water partition coefficient (Wildman–Crippen LogP) is 1.59. The third-order valence-corrected chi connectivity index (χ3v) is 3.87. The average molecular weight is 327 g/mol. The van der Waals surface area contributed by atoms with Gasteiger partial charge in [-0.1, -0.05) is 12.1 Å². The second kappa shape index (κ2) is 6.29. The highest BCUT2D eigenvalue weighted by Crippen LogP contribution is 2.23. The molecule has 104 valence electrons. The molecule has 2 aromatic rings. The SMILES string of the molecule is CCc1nn(CC)c(Cn2cc(CNC)nn2)c1Br. The summed E-state index contributed by atoms with van der Waals surface area (Å²) in [4.78, 5) is 0. The molecule has 0 atom stereocenters. The molecule has 0 saturated carbocycles. The number of rotatable bonds is 6. The molecule has 7 heteroatoms. The summed E-state index contributed by atoms with van der Waals surface area (Å²) >= 11 is 3.64. The van der Waals surface area contributed by atoms with Gasteiger partial charge < -0.3 is 5.32 Å². The Bertz CT molecular complexity index is 544. The average Bonchev–Trinajstić information content (AvgIpc) is 2.97. The molecule has 0 aliphatic rings. The molecule has 19 heavy (non-hydrogen) atoms. The third-order valence-electron chi connectivity index (χ3n) is 2.95. The van der Waals surface area contributed by atoms with Crippen molar-refractivity contribution in [3.63, 3.8) is 0 Å². The monoisotopic (exact) mass is 326 g/mol. The number of aryl methyl sites for hydroxylation is 2. The molecule has 0 radical (unpaired) electrons. The Kier molecular flexibility index (Phi) is 4.71. The molecule has 0 aliphatic heterocycles. The molecule has 1 N–H and O–H groups in total. The molecule has 0 aliphatic carbocycles. The zero-order chi connectivity index (χ0) is 13.8. The van der Waals surface area contributed by atoms with E-state index in [9.17, 15) is 0 Å². The van der Waals surface area contributed by atoms with Crippen molar-refractivity contribution in [2.45, 2.75) is 39.9 Å². The number of aromatic nitrogens is 5. The van der Waals surface area contributed by atoms with Crippen LogP contribution >= 0.6 is 15.9 Å². The summed E-state index contributed by atoms with van der Waals surface area (Å²) in [7, 11) is 1.90. The first-order chi connectivity index (χ1) is 9.19. The molecule has 2 rings (SSSR count). The largest absolute Gasteiger partial charge is 0.314 e. The van der Waals surface area contributed by atoms with Crippen LogP contribution in [0.3, 0.4) is 0 Å². The van der Waals surface area contributed by atoms with Gasteiger partial charge in [0.2, 0.25) is 0 Å². The summed E-state index contributed by atoms with van der Waals surface area (Å²) in [5, 5.41) is 15.9. The van der Waals surface area contributed by atoms with Crippen LogP contribution < -0.4 is 5.32 Å². The number of nitrogens with one attached hydrogen (secondary N) is 1. The number of hydrogen-bond acceptors (Lipinski definition) is 4. The summed E-state index contributed by atoms with van der Waals surface area (Å²) in [6.45, 7) is 6.46. The fraction of sp³-hybridized carbons (Fsp3) is 0.583. The summed E-state index contributed by atoms with van der Waals surface area (Å²) in [5.74, 6) is 0. The Morgan fingerprint density at radius 1 is 1.37 bits per heavy atom. The topological polar surface area (TPSA) is 60.6 Å². The van der Waals surface area contributed by atoms with E-state index < -0.39 is 0 Å². The van der Waals surface area contributed by atoms with Gasteiger partial charge in [-0.3, -0.25) is 4.68 Å². The van der Waals surface area contributed by atoms with Gasteiger partial charge in [0.15, 0.2) is 0 Å². The van der Waals surface area contributed by atoms with E-state index in [-0.39, 0.29) is 0 Å². The molecular formula is C12H19BrN6. The minimum Gasteiger partial charge on any atom is -0.314 e. The van der Waals surface area contributed by atoms with Crippen molar-refractivity contribution in [1.29, 1.82) is 0 Å². The van der Waals surface area contributed by atoms with E-state index >= 15 is 0 Å². The van der Waals surface area contributed by atoms with Gasteiger partial charge in [0.1, 0.15) is 0 Å². The van der Waals surface area contributed by atoms with Crippen molar-refractivity contribution in [2.24, 2.45) is 0 Å². The van der Waals surface area contributed by atoms with Crippen LogP contribution in [-0.4, -0.2) is 31.8 Å². The maximum Gasteiger partial charge on any atom is 0.0964 e. The standard InChI is InChI=1S/C12H19BrN6/c1-4-10-12(13)11(19(5-2)16-10)8-18-7-9(6-14-3)15-17-18/h7,14H,4-6,8H2,1-3H3. The lowest BCUT2D eigenvalue weighted by molar-refractivity contribution is 0.562. The molecule has 0 bridgehead atoms. The lowest BCUT2D eigenvalue weighted by Crippen LogP contribution is -2.09. The van der Waals surface area contributed by atoms with E-state index in [0.717, 1.165) is 41.1 Å². The van der Waals surface area contributed by atoms with E-state index in [4.69, 9.17) is 0 Å². The quantitative estimate of drug-likeness (QED) is 0.875. The predicted molar refractivity (Wildman–Crippen MR) is 76.9 cm³/mol. The van der Waals surface area contributed by atoms with Crippen LogP contribution in [0.1, 0.15) is 30.9 Å². The normalized spacial score (nSPS) is 11.2. The van der Waals surface area contributed by atoms with E-state index in [0.29, 0.717) is 6.54 Å². The zero-order valence-electron chi connectivity index (χ0n) is 11.5. The van der Waals surface area contributed by atoms with Crippen molar-refractivity contribution in [1.82, 2.24) is 30.1 Å². The molecule has 2 aromatic heterocycles. The molecule has 2 heterocycles. The molecule has 0 amide bonds. The zero-order valence-corrected chi connectivity index (χ0v) is 13.1. The second-order valence-corrected chi connectivity index (χ2v) is 5.11. The van der Waals surface area contributed by atoms with Crippen LogP contribution in [0.25, 0.3) is 0 Å². The Labute approximate surface area is 121 Å². The molecule has 6 nitrogen and oxygen atoms in total. The molecule has 0 spiro atoms. The van der Waals surface area contributed by atoms with Crippen molar-refractivity contribution in [3.05, 3.63) is 27.8 Å². The number of hydrogen-bond donors (Lipinski definition) is 1. The molecular weight excluding hydrogens is 308 g/mol. The maximum absolute atomic E-state index is 4.58. The lowest BCUT2D eigenvalue weighted by Gasteiger charge is -2.04. The van der Waals surface area contributed by atoms with Crippen molar-refractivity contribution in [3.8, 4) is 0 Å². The van der Waals surface area contributed by atoms with E-state index in [1.807, 2.05) is 22.6 Å². The minimum absolute atomic E-state index is 0.679. The van der Waals surface area contributed by atoms with Crippen molar-refractivity contribution < 1.29 is 0 Å². The van der Waals surface area contributed by atoms with Gasteiger partial charge >= 0.3 is 0 Å². The highest BCUT2D eigenvalue weighted by molar-refractivity contribution is 9.10. The van der Waals surface area contributed by atoms with Gasteiger partial charge in [-0.05, 0) is 36.3 Å². The van der Waals surface area contributed by atoms with Crippen LogP contribution in [0.2, 0.25) is 0 Å². The summed E-state index contributed by atoms with van der Waals surface area (Å²) < 4.78 is 4.95. The van der Waals surface area contributed by atoms with Gasteiger partial charge in [-0.15, -0.1) is 5.10 Å². The Morgan fingerprint density at radius 3 is 2.79 bits per heavy atom. The third kappa shape index (κ3) is 3.03. The summed E-state index contributed by atoms with van der Waals surface area (Å²) in [5.41, 5.74) is 3.17. The van der Waals surface area contributed by atoms with Crippen LogP contribution in [0.5, 0.6) is 0 Å². The fourth-order valence-electron chi connectivity index (χ4n) is 2.00. The Balaban J connectivity index is 2.23. The highest BCUT2D eigenvalue weighted by atomic mass is 79.9. The van der Waals surface area contributed by atoms with Crippen LogP contribution in [0, 0.1) is 0 Å². The second-order valence-electron chi connectivity index (χ2n) is 4.31. The Hall–Kier alpha value is -1.21. The summed E-state index contributed by atoms with van der Waals surface area (Å²) in [6, 6.07) is 0. The van der Waals surface area contributed by atoms with Gasteiger partial charge in [0.05, 0.1) is 34.3 Å². The summed E-state index contributed by atoms with van der Waals surface area (Å²) in [6.07, 6.45) is 2.88. The van der Waals surface area contributed by atoms with Gasteiger partial charge in [-0.25, -0.2) is 4.68 Å². The van der Waals surface area contributed by atoms with E-state index in [1.165, 1.54) is 0 Å². The van der Waals surface area contributed by atoms with Gasteiger partial charge in [0, 0.05) is 13.1 Å². The maximum atomic E-state index is 4.58. The first kappa shape index (κ1) is 14.2. The molecule has 0 fully saturated rings. The lowest BCUT2D eigenvalue weighted by atomic mass is 10.3. The first-order valence-electron chi connectivity index (χ1n) is 6.47. The van der Waals surface area contributed by atoms with Gasteiger partial charge in [0.25, 0.3) is 0 Å². The first-order valence-corrected chi connectivity index (χ1v) is 7.26. The number of halogens is 1. The van der Waals surface area contributed by atoms with E-state index in [1.54, 1.807) is 0 Å². The van der Waals surface area contributed by atoms with Crippen molar-refractivity contribution in [2.75, 3.05) is 7.05 Å². The van der Waals surface area contributed by atoms with Crippen LogP contribution in [-0.2, 0) is 26.1 Å². The smallest absolute Gasteiger partial charge is 0.0964 e. The Morgan fingerprint density at radius 2 is 2.16 bits per heavy atom. The molecule has 0 unspecified atom stereocenters. The van der Waals surface area contributed by atoms with Gasteiger partial charge in [-0.2, -0.15) is 5.10 Å². The molecule has 0 saturated heterocycles. The fourth-order valence-corrected chi connectivity index (χ4v) is 2.69. The van der Waals surface area contributed by atoms with Crippen molar-refractivity contribution >= 4 is 15.9 Å².